The van der Waals surface area contributed by atoms with Crippen molar-refractivity contribution in [1.82, 2.24) is 15.0 Å². The Hall–Kier alpha value is -2.31. The number of ether oxygens (including phenoxy) is 1. The number of carbonyl (C=O) groups is 1. The quantitative estimate of drug-likeness (QED) is 0.602. The lowest BCUT2D eigenvalue weighted by molar-refractivity contribution is -0.115. The number of amides is 1. The first-order chi connectivity index (χ1) is 13.6. The van der Waals surface area contributed by atoms with Crippen molar-refractivity contribution in [3.8, 4) is 5.75 Å². The first-order valence-corrected chi connectivity index (χ1v) is 9.96. The van der Waals surface area contributed by atoms with Gasteiger partial charge in [-0.2, -0.15) is 0 Å². The predicted molar refractivity (Wildman–Crippen MR) is 110 cm³/mol. The van der Waals surface area contributed by atoms with E-state index in [0.29, 0.717) is 21.7 Å². The lowest BCUT2D eigenvalue weighted by Crippen LogP contribution is -2.15. The van der Waals surface area contributed by atoms with Crippen LogP contribution in [0.5, 0.6) is 5.75 Å². The molecule has 1 saturated carbocycles. The molecule has 0 spiro atoms. The Morgan fingerprint density at radius 2 is 1.96 bits per heavy atom. The lowest BCUT2D eigenvalue weighted by atomic mass is 10.1. The molecule has 146 valence electrons. The van der Waals surface area contributed by atoms with E-state index >= 15 is 0 Å². The fourth-order valence-electron chi connectivity index (χ4n) is 3.73. The highest BCUT2D eigenvalue weighted by atomic mass is 35.5. The van der Waals surface area contributed by atoms with Crippen molar-refractivity contribution in [3.63, 3.8) is 0 Å². The molecule has 4 rings (SSSR count). The maximum atomic E-state index is 12.6. The second-order valence-electron chi connectivity index (χ2n) is 6.96. The van der Waals surface area contributed by atoms with E-state index in [1.807, 2.05) is 12.1 Å². The molecule has 2 N–H and O–H groups in total. The molecule has 2 aromatic heterocycles. The molecule has 0 saturated heterocycles. The van der Waals surface area contributed by atoms with E-state index in [-0.39, 0.29) is 12.3 Å². The summed E-state index contributed by atoms with van der Waals surface area (Å²) >= 11 is 12.2. The minimum atomic E-state index is -0.230. The van der Waals surface area contributed by atoms with Gasteiger partial charge in [-0.1, -0.05) is 42.1 Å². The molecule has 0 bridgehead atoms. The van der Waals surface area contributed by atoms with Crippen molar-refractivity contribution in [3.05, 3.63) is 46.0 Å². The van der Waals surface area contributed by atoms with Crippen molar-refractivity contribution in [2.24, 2.45) is 0 Å². The summed E-state index contributed by atoms with van der Waals surface area (Å²) in [6.45, 7) is 0. The van der Waals surface area contributed by atoms with E-state index in [2.05, 4.69) is 15.3 Å². The van der Waals surface area contributed by atoms with Gasteiger partial charge in [0.1, 0.15) is 17.1 Å². The Kier molecular flexibility index (Phi) is 5.42. The standard InChI is InChI=1S/C20H20Cl2N4O2/c1-28-15-7-6-12(8-16(27)24-18-13(21)9-23-10-14(18)22)17-19(15)26-20(25-17)11-4-2-3-5-11/h6-7,9-11H,2-5,8H2,1H3,(H,25,26)(H,23,24,27). The number of hydrogen-bond acceptors (Lipinski definition) is 4. The molecule has 1 amide bonds. The van der Waals surface area contributed by atoms with Gasteiger partial charge in [-0.3, -0.25) is 9.78 Å². The van der Waals surface area contributed by atoms with Crippen LogP contribution in [0.4, 0.5) is 5.69 Å². The number of halogens is 2. The van der Waals surface area contributed by atoms with Crippen LogP contribution >= 0.6 is 23.2 Å². The minimum Gasteiger partial charge on any atom is -0.494 e. The van der Waals surface area contributed by atoms with Crippen LogP contribution in [0.25, 0.3) is 11.0 Å². The van der Waals surface area contributed by atoms with Crippen molar-refractivity contribution in [1.29, 1.82) is 0 Å². The number of carbonyl (C=O) groups excluding carboxylic acids is 1. The fraction of sp³-hybridized carbons (Fsp3) is 0.350. The first-order valence-electron chi connectivity index (χ1n) is 9.21. The Labute approximate surface area is 172 Å². The van der Waals surface area contributed by atoms with E-state index in [4.69, 9.17) is 32.9 Å². The van der Waals surface area contributed by atoms with E-state index < -0.39 is 0 Å². The van der Waals surface area contributed by atoms with E-state index in [1.165, 1.54) is 25.2 Å². The zero-order chi connectivity index (χ0) is 19.7. The second-order valence-corrected chi connectivity index (χ2v) is 7.77. The van der Waals surface area contributed by atoms with Gasteiger partial charge in [0.25, 0.3) is 0 Å². The molecule has 8 heteroatoms. The number of rotatable bonds is 5. The fourth-order valence-corrected chi connectivity index (χ4v) is 4.19. The van der Waals surface area contributed by atoms with Gasteiger partial charge in [0.15, 0.2) is 0 Å². The highest BCUT2D eigenvalue weighted by Gasteiger charge is 2.23. The Balaban J connectivity index is 1.63. The third-order valence-corrected chi connectivity index (χ3v) is 5.71. The van der Waals surface area contributed by atoms with E-state index in [9.17, 15) is 4.79 Å². The largest absolute Gasteiger partial charge is 0.494 e. The summed E-state index contributed by atoms with van der Waals surface area (Å²) in [5.74, 6) is 1.90. The monoisotopic (exact) mass is 418 g/mol. The molecule has 1 fully saturated rings. The molecule has 0 atom stereocenters. The molecular weight excluding hydrogens is 399 g/mol. The number of H-pyrrole nitrogens is 1. The van der Waals surface area contributed by atoms with Crippen LogP contribution < -0.4 is 10.1 Å². The number of aromatic nitrogens is 3. The number of nitrogens with zero attached hydrogens (tertiary/aromatic N) is 2. The third kappa shape index (κ3) is 3.66. The molecule has 0 aliphatic heterocycles. The van der Waals surface area contributed by atoms with Gasteiger partial charge in [-0.15, -0.1) is 0 Å². The van der Waals surface area contributed by atoms with Crippen molar-refractivity contribution in [2.45, 2.75) is 38.0 Å². The van der Waals surface area contributed by atoms with Crippen LogP contribution in [-0.4, -0.2) is 28.0 Å². The molecule has 0 unspecified atom stereocenters. The summed E-state index contributed by atoms with van der Waals surface area (Å²) < 4.78 is 5.48. The van der Waals surface area contributed by atoms with Gasteiger partial charge in [0.05, 0.1) is 34.8 Å². The summed E-state index contributed by atoms with van der Waals surface area (Å²) in [6.07, 6.45) is 7.74. The molecule has 6 nitrogen and oxygen atoms in total. The van der Waals surface area contributed by atoms with Crippen LogP contribution in [0.3, 0.4) is 0 Å². The number of aromatic amines is 1. The van der Waals surface area contributed by atoms with Gasteiger partial charge >= 0.3 is 0 Å². The molecule has 1 aliphatic carbocycles. The van der Waals surface area contributed by atoms with E-state index in [0.717, 1.165) is 41.0 Å². The maximum absolute atomic E-state index is 12.6. The number of pyridine rings is 1. The normalized spacial score (nSPS) is 14.5. The molecule has 3 aromatic rings. The molecule has 1 aliphatic rings. The average Bonchev–Trinajstić information content (AvgIpc) is 3.35. The maximum Gasteiger partial charge on any atom is 0.228 e. The number of imidazole rings is 1. The third-order valence-electron chi connectivity index (χ3n) is 5.14. The summed E-state index contributed by atoms with van der Waals surface area (Å²) in [7, 11) is 1.63. The predicted octanol–water partition coefficient (Wildman–Crippen LogP) is 5.11. The molecular formula is C20H20Cl2N4O2. The molecule has 2 heterocycles. The zero-order valence-electron chi connectivity index (χ0n) is 15.4. The number of methoxy groups -OCH3 is 1. The van der Waals surface area contributed by atoms with Crippen LogP contribution in [0.1, 0.15) is 43.0 Å². The van der Waals surface area contributed by atoms with Crippen LogP contribution in [-0.2, 0) is 11.2 Å². The minimum absolute atomic E-state index is 0.143. The number of hydrogen-bond donors (Lipinski definition) is 2. The van der Waals surface area contributed by atoms with Crippen LogP contribution in [0, 0.1) is 0 Å². The molecule has 28 heavy (non-hydrogen) atoms. The summed E-state index contributed by atoms with van der Waals surface area (Å²) in [6, 6.07) is 3.73. The molecule has 0 radical (unpaired) electrons. The van der Waals surface area contributed by atoms with Gasteiger partial charge in [-0.25, -0.2) is 4.98 Å². The van der Waals surface area contributed by atoms with Gasteiger partial charge < -0.3 is 15.0 Å². The number of nitrogens with one attached hydrogen (secondary N) is 2. The Morgan fingerprint density at radius 1 is 1.25 bits per heavy atom. The second kappa shape index (κ2) is 7.97. The summed E-state index contributed by atoms with van der Waals surface area (Å²) in [4.78, 5) is 24.8. The topological polar surface area (TPSA) is 79.9 Å². The zero-order valence-corrected chi connectivity index (χ0v) is 16.9. The van der Waals surface area contributed by atoms with Gasteiger partial charge in [-0.05, 0) is 24.5 Å². The van der Waals surface area contributed by atoms with E-state index in [1.54, 1.807) is 7.11 Å². The highest BCUT2D eigenvalue weighted by Crippen LogP contribution is 2.36. The first kappa shape index (κ1) is 19.0. The smallest absolute Gasteiger partial charge is 0.228 e. The average molecular weight is 419 g/mol. The van der Waals surface area contributed by atoms with Crippen LogP contribution in [0.2, 0.25) is 10.0 Å². The van der Waals surface area contributed by atoms with Crippen LogP contribution in [0.15, 0.2) is 24.5 Å². The number of fused-ring (bicyclic) bond motifs is 1. The Morgan fingerprint density at radius 3 is 2.64 bits per heavy atom. The number of anilines is 1. The molecule has 1 aromatic carbocycles. The Bertz CT molecular complexity index is 1010. The van der Waals surface area contributed by atoms with Gasteiger partial charge in [0, 0.05) is 18.3 Å². The highest BCUT2D eigenvalue weighted by molar-refractivity contribution is 6.39. The van der Waals surface area contributed by atoms with Crippen molar-refractivity contribution >= 4 is 45.8 Å². The summed E-state index contributed by atoms with van der Waals surface area (Å²) in [5, 5.41) is 3.36. The lowest BCUT2D eigenvalue weighted by Gasteiger charge is -2.09. The number of benzene rings is 1. The SMILES string of the molecule is COc1ccc(CC(=O)Nc2c(Cl)cncc2Cl)c2nc(C3CCCC3)[nH]c12. The van der Waals surface area contributed by atoms with Crippen molar-refractivity contribution in [2.75, 3.05) is 12.4 Å². The van der Waals surface area contributed by atoms with Gasteiger partial charge in [0.2, 0.25) is 5.91 Å². The van der Waals surface area contributed by atoms with Crippen molar-refractivity contribution < 1.29 is 9.53 Å². The summed E-state index contributed by atoms with van der Waals surface area (Å²) in [5.41, 5.74) is 2.77.